The van der Waals surface area contributed by atoms with Crippen molar-refractivity contribution in [3.05, 3.63) is 29.1 Å². The fourth-order valence-electron chi connectivity index (χ4n) is 2.73. The van der Waals surface area contributed by atoms with Crippen LogP contribution in [-0.2, 0) is 4.74 Å². The van der Waals surface area contributed by atoms with Gasteiger partial charge in [0.15, 0.2) is 0 Å². The van der Waals surface area contributed by atoms with E-state index in [1.54, 1.807) is 20.1 Å². The van der Waals surface area contributed by atoms with Gasteiger partial charge >= 0.3 is 0 Å². The molecule has 0 aliphatic heterocycles. The fourth-order valence-corrected chi connectivity index (χ4v) is 2.73. The van der Waals surface area contributed by atoms with E-state index < -0.39 is 0 Å². The van der Waals surface area contributed by atoms with Crippen molar-refractivity contribution >= 4 is 0 Å². The van der Waals surface area contributed by atoms with Gasteiger partial charge in [-0.1, -0.05) is 0 Å². The number of nitrogens with two attached hydrogens (primary N) is 1. The van der Waals surface area contributed by atoms with Crippen LogP contribution in [0.25, 0.3) is 0 Å². The van der Waals surface area contributed by atoms with E-state index in [9.17, 15) is 4.39 Å². The van der Waals surface area contributed by atoms with Crippen LogP contribution in [0.4, 0.5) is 4.39 Å². The molecule has 0 amide bonds. The summed E-state index contributed by atoms with van der Waals surface area (Å²) in [5, 5.41) is 0. The number of hydrogen-bond acceptors (Lipinski definition) is 3. The molecule has 2 unspecified atom stereocenters. The Morgan fingerprint density at radius 2 is 2.00 bits per heavy atom. The number of halogens is 1. The summed E-state index contributed by atoms with van der Waals surface area (Å²) >= 11 is 0. The Kier molecular flexibility index (Phi) is 5.00. The second-order valence-corrected chi connectivity index (χ2v) is 5.69. The van der Waals surface area contributed by atoms with Gasteiger partial charge in [-0.25, -0.2) is 4.39 Å². The van der Waals surface area contributed by atoms with Crippen molar-refractivity contribution in [2.75, 3.05) is 7.11 Å². The highest BCUT2D eigenvalue weighted by molar-refractivity contribution is 5.40. The highest BCUT2D eigenvalue weighted by atomic mass is 19.1. The molecule has 0 saturated heterocycles. The van der Waals surface area contributed by atoms with Gasteiger partial charge in [-0.05, 0) is 50.8 Å². The quantitative estimate of drug-likeness (QED) is 0.918. The Labute approximate surface area is 120 Å². The van der Waals surface area contributed by atoms with Crippen LogP contribution in [0, 0.1) is 12.7 Å². The van der Waals surface area contributed by atoms with E-state index >= 15 is 0 Å². The van der Waals surface area contributed by atoms with E-state index in [0.29, 0.717) is 11.3 Å². The number of ether oxygens (including phenoxy) is 2. The standard InChI is InChI=1S/C16H24FNO2/c1-10-7-16(14(11(2)18)9-15(10)17)20-13-6-4-5-12(8-13)19-3/h7,9,11-13H,4-6,8,18H2,1-3H3/t11-,12?,13?/m0/s1. The molecule has 1 aromatic carbocycles. The molecule has 1 aromatic rings. The van der Waals surface area contributed by atoms with Gasteiger partial charge in [0, 0.05) is 25.1 Å². The largest absolute Gasteiger partial charge is 0.490 e. The molecule has 20 heavy (non-hydrogen) atoms. The maximum atomic E-state index is 13.7. The smallest absolute Gasteiger partial charge is 0.126 e. The van der Waals surface area contributed by atoms with Crippen LogP contribution < -0.4 is 10.5 Å². The van der Waals surface area contributed by atoms with Gasteiger partial charge in [0.1, 0.15) is 17.7 Å². The third-order valence-corrected chi connectivity index (χ3v) is 3.99. The van der Waals surface area contributed by atoms with Crippen molar-refractivity contribution < 1.29 is 13.9 Å². The molecule has 1 aliphatic rings. The number of rotatable bonds is 4. The van der Waals surface area contributed by atoms with E-state index in [0.717, 1.165) is 31.2 Å². The van der Waals surface area contributed by atoms with Crippen LogP contribution in [0.3, 0.4) is 0 Å². The highest BCUT2D eigenvalue weighted by Crippen LogP contribution is 2.31. The Balaban J connectivity index is 2.17. The maximum Gasteiger partial charge on any atom is 0.126 e. The SMILES string of the molecule is COC1CCCC(Oc2cc(C)c(F)cc2[C@H](C)N)C1. The molecule has 0 bridgehead atoms. The molecule has 3 nitrogen and oxygen atoms in total. The summed E-state index contributed by atoms with van der Waals surface area (Å²) in [5.74, 6) is 0.476. The van der Waals surface area contributed by atoms with E-state index in [1.807, 2.05) is 6.92 Å². The van der Waals surface area contributed by atoms with E-state index in [1.165, 1.54) is 6.07 Å². The molecule has 2 N–H and O–H groups in total. The van der Waals surface area contributed by atoms with E-state index in [-0.39, 0.29) is 24.1 Å². The average Bonchev–Trinajstić information content (AvgIpc) is 2.42. The topological polar surface area (TPSA) is 44.5 Å². The first-order valence-electron chi connectivity index (χ1n) is 7.26. The zero-order valence-corrected chi connectivity index (χ0v) is 12.5. The molecular weight excluding hydrogens is 257 g/mol. The van der Waals surface area contributed by atoms with Crippen molar-refractivity contribution in [3.8, 4) is 5.75 Å². The molecular formula is C16H24FNO2. The van der Waals surface area contributed by atoms with E-state index in [2.05, 4.69) is 0 Å². The molecule has 4 heteroatoms. The van der Waals surface area contributed by atoms with Crippen molar-refractivity contribution in [1.82, 2.24) is 0 Å². The molecule has 0 aromatic heterocycles. The summed E-state index contributed by atoms with van der Waals surface area (Å²) < 4.78 is 25.2. The first-order chi connectivity index (χ1) is 9.51. The van der Waals surface area contributed by atoms with E-state index in [4.69, 9.17) is 15.2 Å². The van der Waals surface area contributed by atoms with Gasteiger partial charge in [-0.3, -0.25) is 0 Å². The molecule has 2 rings (SSSR count). The maximum absolute atomic E-state index is 13.7. The summed E-state index contributed by atoms with van der Waals surface area (Å²) in [6.45, 7) is 3.59. The second kappa shape index (κ2) is 6.55. The van der Waals surface area contributed by atoms with Gasteiger partial charge in [-0.15, -0.1) is 0 Å². The van der Waals surface area contributed by atoms with Crippen LogP contribution in [-0.4, -0.2) is 19.3 Å². The third-order valence-electron chi connectivity index (χ3n) is 3.99. The van der Waals surface area contributed by atoms with Crippen molar-refractivity contribution in [2.45, 2.75) is 57.8 Å². The van der Waals surface area contributed by atoms with Crippen LogP contribution in [0.1, 0.15) is 49.8 Å². The normalized spacial score (nSPS) is 24.4. The molecule has 0 heterocycles. The fraction of sp³-hybridized carbons (Fsp3) is 0.625. The summed E-state index contributed by atoms with van der Waals surface area (Å²) in [6, 6.07) is 3.00. The zero-order valence-electron chi connectivity index (χ0n) is 12.5. The molecule has 0 radical (unpaired) electrons. The lowest BCUT2D eigenvalue weighted by Gasteiger charge is -2.30. The minimum Gasteiger partial charge on any atom is -0.490 e. The average molecular weight is 281 g/mol. The summed E-state index contributed by atoms with van der Waals surface area (Å²) in [4.78, 5) is 0. The first-order valence-corrected chi connectivity index (χ1v) is 7.26. The second-order valence-electron chi connectivity index (χ2n) is 5.69. The summed E-state index contributed by atoms with van der Waals surface area (Å²) in [5.41, 5.74) is 7.24. The molecule has 3 atom stereocenters. The van der Waals surface area contributed by atoms with Crippen molar-refractivity contribution in [2.24, 2.45) is 5.73 Å². The molecule has 1 aliphatic carbocycles. The number of methoxy groups -OCH3 is 1. The van der Waals surface area contributed by atoms with Gasteiger partial charge in [0.25, 0.3) is 0 Å². The first kappa shape index (κ1) is 15.3. The Bertz CT molecular complexity index is 462. The van der Waals surface area contributed by atoms with Gasteiger partial charge < -0.3 is 15.2 Å². The third kappa shape index (κ3) is 3.49. The Morgan fingerprint density at radius 3 is 2.65 bits per heavy atom. The molecule has 0 spiro atoms. The van der Waals surface area contributed by atoms with Gasteiger partial charge in [-0.2, -0.15) is 0 Å². The number of aryl methyl sites for hydroxylation is 1. The summed E-state index contributed by atoms with van der Waals surface area (Å²) in [6.07, 6.45) is 4.45. The predicted molar refractivity (Wildman–Crippen MR) is 77.4 cm³/mol. The minimum atomic E-state index is -0.248. The molecule has 1 saturated carbocycles. The van der Waals surface area contributed by atoms with Gasteiger partial charge in [0.2, 0.25) is 0 Å². The van der Waals surface area contributed by atoms with Crippen molar-refractivity contribution in [3.63, 3.8) is 0 Å². The number of hydrogen-bond donors (Lipinski definition) is 1. The van der Waals surface area contributed by atoms with Crippen LogP contribution in [0.15, 0.2) is 12.1 Å². The summed E-state index contributed by atoms with van der Waals surface area (Å²) in [7, 11) is 1.74. The zero-order chi connectivity index (χ0) is 14.7. The lowest BCUT2D eigenvalue weighted by Crippen LogP contribution is -2.30. The lowest BCUT2D eigenvalue weighted by atomic mass is 9.94. The predicted octanol–water partition coefficient (Wildman–Crippen LogP) is 3.49. The van der Waals surface area contributed by atoms with Crippen LogP contribution in [0.5, 0.6) is 5.75 Å². The Morgan fingerprint density at radius 1 is 1.30 bits per heavy atom. The Hall–Kier alpha value is -1.13. The monoisotopic (exact) mass is 281 g/mol. The highest BCUT2D eigenvalue weighted by Gasteiger charge is 2.24. The number of benzene rings is 1. The molecule has 112 valence electrons. The molecule has 1 fully saturated rings. The lowest BCUT2D eigenvalue weighted by molar-refractivity contribution is 0.0205. The van der Waals surface area contributed by atoms with Crippen molar-refractivity contribution in [1.29, 1.82) is 0 Å². The van der Waals surface area contributed by atoms with Crippen LogP contribution in [0.2, 0.25) is 0 Å². The minimum absolute atomic E-state index is 0.121. The van der Waals surface area contributed by atoms with Gasteiger partial charge in [0.05, 0.1) is 6.10 Å². The van der Waals surface area contributed by atoms with Crippen LogP contribution >= 0.6 is 0 Å².